The molecule has 0 spiro atoms. The molecule has 1 heterocycles. The summed E-state index contributed by atoms with van der Waals surface area (Å²) in [5.74, 6) is 1.64. The number of fused-ring (bicyclic) bond motifs is 3. The van der Waals surface area contributed by atoms with Crippen LogP contribution >= 0.6 is 0 Å². The molecule has 0 radical (unpaired) electrons. The van der Waals surface area contributed by atoms with Crippen LogP contribution in [0.3, 0.4) is 0 Å². The Hall–Kier alpha value is -6.52. The SMILES string of the molecule is Fc1ccc(C2(c3ccccc3)c3ccccc3-c3c(-c4ccc(-c5nc(-c6ccccc6)nc(-c6ccccc6)n5)cc4)cccc32)cc1. The zero-order valence-electron chi connectivity index (χ0n) is 27.0. The van der Waals surface area contributed by atoms with Crippen molar-refractivity contribution in [1.82, 2.24) is 15.0 Å². The molecule has 1 unspecified atom stereocenters. The summed E-state index contributed by atoms with van der Waals surface area (Å²) in [5, 5.41) is 0. The lowest BCUT2D eigenvalue weighted by atomic mass is 9.67. The Morgan fingerprint density at radius 2 is 0.780 bits per heavy atom. The Bertz CT molecular complexity index is 2400. The van der Waals surface area contributed by atoms with Gasteiger partial charge in [0.25, 0.3) is 0 Å². The number of aromatic nitrogens is 3. The topological polar surface area (TPSA) is 38.7 Å². The molecule has 0 N–H and O–H groups in total. The number of nitrogens with zero attached hydrogens (tertiary/aromatic N) is 3. The molecule has 4 heteroatoms. The number of halogens is 1. The maximum atomic E-state index is 14.3. The van der Waals surface area contributed by atoms with Crippen molar-refractivity contribution in [3.05, 3.63) is 210 Å². The van der Waals surface area contributed by atoms with Gasteiger partial charge < -0.3 is 0 Å². The van der Waals surface area contributed by atoms with E-state index in [1.54, 1.807) is 12.1 Å². The largest absolute Gasteiger partial charge is 0.208 e. The fourth-order valence-electron chi connectivity index (χ4n) is 7.48. The van der Waals surface area contributed by atoms with Gasteiger partial charge >= 0.3 is 0 Å². The van der Waals surface area contributed by atoms with Crippen LogP contribution in [0.1, 0.15) is 22.3 Å². The van der Waals surface area contributed by atoms with Crippen LogP contribution in [0.25, 0.3) is 56.4 Å². The van der Waals surface area contributed by atoms with E-state index in [1.165, 1.54) is 22.3 Å². The molecule has 0 saturated heterocycles. The van der Waals surface area contributed by atoms with Crippen LogP contribution in [0.15, 0.2) is 182 Å². The molecular formula is C46H30FN3. The molecule has 1 aliphatic rings. The first-order chi connectivity index (χ1) is 24.7. The summed E-state index contributed by atoms with van der Waals surface area (Å²) in [7, 11) is 0. The summed E-state index contributed by atoms with van der Waals surface area (Å²) in [6.07, 6.45) is 0. The summed E-state index contributed by atoms with van der Waals surface area (Å²) in [4.78, 5) is 14.7. The van der Waals surface area contributed by atoms with E-state index in [1.807, 2.05) is 78.9 Å². The lowest BCUT2D eigenvalue weighted by molar-refractivity contribution is 0.625. The van der Waals surface area contributed by atoms with Crippen LogP contribution in [0.2, 0.25) is 0 Å². The van der Waals surface area contributed by atoms with Crippen molar-refractivity contribution in [1.29, 1.82) is 0 Å². The minimum absolute atomic E-state index is 0.248. The molecule has 9 rings (SSSR count). The van der Waals surface area contributed by atoms with E-state index in [4.69, 9.17) is 15.0 Å². The molecule has 0 bridgehead atoms. The minimum atomic E-state index is -0.608. The molecule has 0 saturated carbocycles. The highest BCUT2D eigenvalue weighted by Gasteiger charge is 2.46. The van der Waals surface area contributed by atoms with Gasteiger partial charge in [-0.15, -0.1) is 0 Å². The predicted octanol–water partition coefficient (Wildman–Crippen LogP) is 11.0. The van der Waals surface area contributed by atoms with E-state index in [0.717, 1.165) is 38.9 Å². The lowest BCUT2D eigenvalue weighted by Crippen LogP contribution is -2.28. The first-order valence-corrected chi connectivity index (χ1v) is 16.7. The Morgan fingerprint density at radius 1 is 0.340 bits per heavy atom. The molecule has 3 nitrogen and oxygen atoms in total. The Balaban J connectivity index is 1.20. The molecule has 0 fully saturated rings. The van der Waals surface area contributed by atoms with Gasteiger partial charge in [0, 0.05) is 16.7 Å². The van der Waals surface area contributed by atoms with Crippen LogP contribution < -0.4 is 0 Å². The van der Waals surface area contributed by atoms with Crippen LogP contribution in [0.5, 0.6) is 0 Å². The fourth-order valence-corrected chi connectivity index (χ4v) is 7.48. The van der Waals surface area contributed by atoms with Crippen molar-refractivity contribution in [3.63, 3.8) is 0 Å². The van der Waals surface area contributed by atoms with Crippen molar-refractivity contribution in [2.45, 2.75) is 5.41 Å². The Morgan fingerprint density at radius 3 is 1.38 bits per heavy atom. The molecular weight excluding hydrogens is 614 g/mol. The molecule has 1 atom stereocenters. The molecule has 0 amide bonds. The van der Waals surface area contributed by atoms with E-state index in [9.17, 15) is 4.39 Å². The second kappa shape index (κ2) is 12.2. The van der Waals surface area contributed by atoms with Gasteiger partial charge in [0.2, 0.25) is 0 Å². The smallest absolute Gasteiger partial charge is 0.164 e. The highest BCUT2D eigenvalue weighted by Crippen LogP contribution is 2.58. The summed E-state index contributed by atoms with van der Waals surface area (Å²) in [6.45, 7) is 0. The van der Waals surface area contributed by atoms with Crippen molar-refractivity contribution >= 4 is 0 Å². The van der Waals surface area contributed by atoms with E-state index in [2.05, 4.69) is 91.0 Å². The van der Waals surface area contributed by atoms with Crippen molar-refractivity contribution in [3.8, 4) is 56.4 Å². The normalized spacial score (nSPS) is 14.6. The first kappa shape index (κ1) is 29.6. The van der Waals surface area contributed by atoms with Crippen molar-refractivity contribution in [2.24, 2.45) is 0 Å². The van der Waals surface area contributed by atoms with Gasteiger partial charge in [0.05, 0.1) is 5.41 Å². The number of hydrogen-bond acceptors (Lipinski definition) is 3. The van der Waals surface area contributed by atoms with Gasteiger partial charge in [-0.3, -0.25) is 0 Å². The molecule has 8 aromatic rings. The second-order valence-corrected chi connectivity index (χ2v) is 12.5. The molecule has 7 aromatic carbocycles. The number of rotatable bonds is 6. The van der Waals surface area contributed by atoms with Gasteiger partial charge in [-0.05, 0) is 56.6 Å². The van der Waals surface area contributed by atoms with Gasteiger partial charge in [-0.1, -0.05) is 170 Å². The Kier molecular flexibility index (Phi) is 7.21. The summed E-state index contributed by atoms with van der Waals surface area (Å²) >= 11 is 0. The van der Waals surface area contributed by atoms with E-state index in [0.29, 0.717) is 17.5 Å². The molecule has 50 heavy (non-hydrogen) atoms. The zero-order valence-corrected chi connectivity index (χ0v) is 27.0. The first-order valence-electron chi connectivity index (χ1n) is 16.7. The standard InChI is InChI=1S/C46H30FN3/c47-37-29-27-36(28-30-37)46(35-17-8-3-9-18-35)40-21-11-10-19-39(40)42-38(20-12-22-41(42)46)31-23-25-34(26-24-31)45-49-43(32-13-4-1-5-14-32)48-44(50-45)33-15-6-2-7-16-33/h1-30H. The Labute approximate surface area is 290 Å². The lowest BCUT2D eigenvalue weighted by Gasteiger charge is -2.34. The summed E-state index contributed by atoms with van der Waals surface area (Å²) < 4.78 is 14.3. The molecule has 1 aromatic heterocycles. The van der Waals surface area contributed by atoms with E-state index >= 15 is 0 Å². The maximum Gasteiger partial charge on any atom is 0.164 e. The van der Waals surface area contributed by atoms with Gasteiger partial charge in [0.15, 0.2) is 17.5 Å². The van der Waals surface area contributed by atoms with Crippen LogP contribution in [-0.2, 0) is 5.41 Å². The van der Waals surface area contributed by atoms with E-state index in [-0.39, 0.29) is 5.82 Å². The summed E-state index contributed by atoms with van der Waals surface area (Å²) in [6, 6.07) is 61.3. The van der Waals surface area contributed by atoms with Crippen LogP contribution in [-0.4, -0.2) is 15.0 Å². The van der Waals surface area contributed by atoms with Crippen LogP contribution in [0, 0.1) is 5.82 Å². The third-order valence-corrected chi connectivity index (χ3v) is 9.71. The zero-order chi connectivity index (χ0) is 33.5. The minimum Gasteiger partial charge on any atom is -0.208 e. The molecule has 1 aliphatic carbocycles. The average molecular weight is 644 g/mol. The maximum absolute atomic E-state index is 14.3. The van der Waals surface area contributed by atoms with Crippen molar-refractivity contribution in [2.75, 3.05) is 0 Å². The van der Waals surface area contributed by atoms with Gasteiger partial charge in [-0.2, -0.15) is 0 Å². The number of benzene rings is 7. The summed E-state index contributed by atoms with van der Waals surface area (Å²) in [5.41, 5.74) is 11.3. The second-order valence-electron chi connectivity index (χ2n) is 12.5. The van der Waals surface area contributed by atoms with Crippen LogP contribution in [0.4, 0.5) is 4.39 Å². The fraction of sp³-hybridized carbons (Fsp3) is 0.0217. The average Bonchev–Trinajstić information content (AvgIpc) is 3.50. The quantitative estimate of drug-likeness (QED) is 0.181. The van der Waals surface area contributed by atoms with Gasteiger partial charge in [-0.25, -0.2) is 19.3 Å². The highest BCUT2D eigenvalue weighted by atomic mass is 19.1. The molecule has 236 valence electrons. The van der Waals surface area contributed by atoms with E-state index < -0.39 is 5.41 Å². The highest BCUT2D eigenvalue weighted by molar-refractivity contribution is 5.95. The third kappa shape index (κ3) is 4.84. The van der Waals surface area contributed by atoms with Crippen molar-refractivity contribution < 1.29 is 4.39 Å². The van der Waals surface area contributed by atoms with Gasteiger partial charge in [0.1, 0.15) is 5.82 Å². The monoisotopic (exact) mass is 643 g/mol. The molecule has 0 aliphatic heterocycles. The predicted molar refractivity (Wildman–Crippen MR) is 199 cm³/mol. The number of hydrogen-bond donors (Lipinski definition) is 0. The third-order valence-electron chi connectivity index (χ3n) is 9.71.